The number of aliphatic hydroxyl groups excluding tert-OH is 1. The van der Waals surface area contributed by atoms with Crippen molar-refractivity contribution >= 4 is 17.6 Å². The summed E-state index contributed by atoms with van der Waals surface area (Å²) in [4.78, 5) is 24.5. The maximum atomic E-state index is 12.2. The van der Waals surface area contributed by atoms with Gasteiger partial charge in [0.2, 0.25) is 5.91 Å². The second-order valence-electron chi connectivity index (χ2n) is 4.93. The van der Waals surface area contributed by atoms with Gasteiger partial charge in [0.05, 0.1) is 12.2 Å². The average Bonchev–Trinajstić information content (AvgIpc) is 2.49. The van der Waals surface area contributed by atoms with Gasteiger partial charge in [0.1, 0.15) is 0 Å². The number of carboxylic acid groups (broad SMARTS) is 1. The maximum absolute atomic E-state index is 12.2. The van der Waals surface area contributed by atoms with E-state index in [1.165, 1.54) is 17.0 Å². The van der Waals surface area contributed by atoms with Gasteiger partial charge in [-0.05, 0) is 30.7 Å². The van der Waals surface area contributed by atoms with E-state index in [1.807, 2.05) is 0 Å². The van der Waals surface area contributed by atoms with E-state index in [9.17, 15) is 9.59 Å². The summed E-state index contributed by atoms with van der Waals surface area (Å²) in [6.45, 7) is 2.21. The van der Waals surface area contributed by atoms with Gasteiger partial charge in [0.25, 0.3) is 0 Å². The Morgan fingerprint density at radius 3 is 2.29 bits per heavy atom. The zero-order valence-corrected chi connectivity index (χ0v) is 12.4. The molecule has 0 unspecified atom stereocenters. The third-order valence-electron chi connectivity index (χ3n) is 3.29. The van der Waals surface area contributed by atoms with Gasteiger partial charge in [-0.2, -0.15) is 0 Å². The molecule has 1 amide bonds. The fourth-order valence-electron chi connectivity index (χ4n) is 2.12. The summed E-state index contributed by atoms with van der Waals surface area (Å²) in [5.41, 5.74) is 0.799. The predicted molar refractivity (Wildman–Crippen MR) is 81.6 cm³/mol. The highest BCUT2D eigenvalue weighted by atomic mass is 16.4. The maximum Gasteiger partial charge on any atom is 0.335 e. The van der Waals surface area contributed by atoms with E-state index in [-0.39, 0.29) is 24.6 Å². The second kappa shape index (κ2) is 9.13. The van der Waals surface area contributed by atoms with Crippen molar-refractivity contribution in [2.75, 3.05) is 18.1 Å². The Bertz CT molecular complexity index is 456. The number of carbonyl (C=O) groups is 2. The molecule has 2 N–H and O–H groups in total. The number of hydrogen-bond donors (Lipinski definition) is 2. The minimum absolute atomic E-state index is 0.0387. The van der Waals surface area contributed by atoms with Crippen LogP contribution < -0.4 is 4.90 Å². The van der Waals surface area contributed by atoms with Crippen molar-refractivity contribution in [2.24, 2.45) is 0 Å². The van der Waals surface area contributed by atoms with Crippen LogP contribution >= 0.6 is 0 Å². The van der Waals surface area contributed by atoms with Gasteiger partial charge in [-0.25, -0.2) is 4.79 Å². The molecule has 0 aliphatic heterocycles. The highest BCUT2D eigenvalue weighted by Crippen LogP contribution is 2.17. The molecule has 5 heteroatoms. The van der Waals surface area contributed by atoms with Crippen LogP contribution in [0.4, 0.5) is 5.69 Å². The van der Waals surface area contributed by atoms with E-state index in [0.717, 1.165) is 25.7 Å². The molecule has 5 nitrogen and oxygen atoms in total. The van der Waals surface area contributed by atoms with Crippen LogP contribution in [0.25, 0.3) is 0 Å². The molecule has 0 aromatic heterocycles. The van der Waals surface area contributed by atoms with Crippen molar-refractivity contribution in [2.45, 2.75) is 39.0 Å². The summed E-state index contributed by atoms with van der Waals surface area (Å²) in [5.74, 6) is -1.04. The first-order chi connectivity index (χ1) is 10.1. The predicted octanol–water partition coefficient (Wildman–Crippen LogP) is 2.68. The first-order valence-electron chi connectivity index (χ1n) is 7.34. The summed E-state index contributed by atoms with van der Waals surface area (Å²) in [6, 6.07) is 6.13. The van der Waals surface area contributed by atoms with E-state index in [0.29, 0.717) is 12.1 Å². The topological polar surface area (TPSA) is 77.8 Å². The van der Waals surface area contributed by atoms with Crippen LogP contribution in [-0.4, -0.2) is 35.2 Å². The van der Waals surface area contributed by atoms with Gasteiger partial charge in [0.15, 0.2) is 0 Å². The Morgan fingerprint density at radius 1 is 1.10 bits per heavy atom. The number of carboxylic acids is 1. The van der Waals surface area contributed by atoms with E-state index in [1.54, 1.807) is 12.1 Å². The summed E-state index contributed by atoms with van der Waals surface area (Å²) < 4.78 is 0. The summed E-state index contributed by atoms with van der Waals surface area (Å²) in [5, 5.41) is 18.0. The molecule has 21 heavy (non-hydrogen) atoms. The number of carbonyl (C=O) groups excluding carboxylic acids is 1. The minimum Gasteiger partial charge on any atom is -0.478 e. The Hall–Kier alpha value is -1.88. The number of rotatable bonds is 9. The first kappa shape index (κ1) is 17.2. The Balaban J connectivity index is 2.71. The van der Waals surface area contributed by atoms with E-state index >= 15 is 0 Å². The van der Waals surface area contributed by atoms with Crippen LogP contribution in [0.1, 0.15) is 49.4 Å². The molecule has 0 fully saturated rings. The smallest absolute Gasteiger partial charge is 0.335 e. The molecule has 1 aromatic rings. The number of nitrogens with zero attached hydrogens (tertiary/aromatic N) is 1. The van der Waals surface area contributed by atoms with Gasteiger partial charge in [-0.15, -0.1) is 0 Å². The lowest BCUT2D eigenvalue weighted by Gasteiger charge is -2.22. The largest absolute Gasteiger partial charge is 0.478 e. The fraction of sp³-hybridized carbons (Fsp3) is 0.500. The highest BCUT2D eigenvalue weighted by molar-refractivity contribution is 5.94. The molecule has 0 aliphatic carbocycles. The molecule has 0 spiro atoms. The monoisotopic (exact) mass is 293 g/mol. The van der Waals surface area contributed by atoms with Crippen LogP contribution in [0.3, 0.4) is 0 Å². The molecule has 116 valence electrons. The molecule has 0 saturated heterocycles. The second-order valence-corrected chi connectivity index (χ2v) is 4.93. The third kappa shape index (κ3) is 5.55. The van der Waals surface area contributed by atoms with Gasteiger partial charge >= 0.3 is 5.97 Å². The van der Waals surface area contributed by atoms with Gasteiger partial charge in [-0.1, -0.05) is 26.2 Å². The fourth-order valence-corrected chi connectivity index (χ4v) is 2.12. The lowest BCUT2D eigenvalue weighted by Crippen LogP contribution is -2.33. The number of unbranched alkanes of at least 4 members (excludes halogenated alkanes) is 3. The summed E-state index contributed by atoms with van der Waals surface area (Å²) in [6.07, 6.45) is 4.53. The van der Waals surface area contributed by atoms with Crippen LogP contribution in [0, 0.1) is 0 Å². The van der Waals surface area contributed by atoms with Crippen molar-refractivity contribution in [3.63, 3.8) is 0 Å². The molecule has 1 aromatic carbocycles. The molecule has 0 bridgehead atoms. The van der Waals surface area contributed by atoms with E-state index in [2.05, 4.69) is 6.92 Å². The van der Waals surface area contributed by atoms with Crippen LogP contribution in [-0.2, 0) is 4.79 Å². The van der Waals surface area contributed by atoms with Crippen molar-refractivity contribution in [3.05, 3.63) is 29.8 Å². The van der Waals surface area contributed by atoms with Crippen molar-refractivity contribution in [3.8, 4) is 0 Å². The van der Waals surface area contributed by atoms with Crippen LogP contribution in [0.2, 0.25) is 0 Å². The third-order valence-corrected chi connectivity index (χ3v) is 3.29. The minimum atomic E-state index is -0.999. The summed E-state index contributed by atoms with van der Waals surface area (Å²) in [7, 11) is 0. The molecule has 0 radical (unpaired) electrons. The quantitative estimate of drug-likeness (QED) is 0.686. The van der Waals surface area contributed by atoms with Crippen molar-refractivity contribution in [1.29, 1.82) is 0 Å². The molecular formula is C16H23NO4. The van der Waals surface area contributed by atoms with Gasteiger partial charge in [-0.3, -0.25) is 4.79 Å². The number of aliphatic hydroxyl groups is 1. The molecular weight excluding hydrogens is 270 g/mol. The Labute approximate surface area is 125 Å². The highest BCUT2D eigenvalue weighted by Gasteiger charge is 2.15. The number of hydrogen-bond acceptors (Lipinski definition) is 3. The molecule has 0 aliphatic rings. The van der Waals surface area contributed by atoms with Crippen LogP contribution in [0.15, 0.2) is 24.3 Å². The number of anilines is 1. The Kier molecular flexibility index (Phi) is 7.46. The number of aromatic carboxylic acids is 1. The molecule has 0 heterocycles. The lowest BCUT2D eigenvalue weighted by molar-refractivity contribution is -0.118. The number of amides is 1. The normalized spacial score (nSPS) is 10.4. The SMILES string of the molecule is CCCCCCC(=O)N(CCO)c1ccc(C(=O)O)cc1. The Morgan fingerprint density at radius 2 is 1.76 bits per heavy atom. The molecule has 1 rings (SSSR count). The molecule has 0 saturated carbocycles. The average molecular weight is 293 g/mol. The van der Waals surface area contributed by atoms with Crippen molar-refractivity contribution < 1.29 is 19.8 Å². The van der Waals surface area contributed by atoms with E-state index < -0.39 is 5.97 Å². The molecule has 0 atom stereocenters. The lowest BCUT2D eigenvalue weighted by atomic mass is 10.1. The van der Waals surface area contributed by atoms with E-state index in [4.69, 9.17) is 10.2 Å². The van der Waals surface area contributed by atoms with Gasteiger partial charge in [0, 0.05) is 18.7 Å². The van der Waals surface area contributed by atoms with Crippen molar-refractivity contribution in [1.82, 2.24) is 0 Å². The zero-order valence-electron chi connectivity index (χ0n) is 12.4. The van der Waals surface area contributed by atoms with Gasteiger partial charge < -0.3 is 15.1 Å². The zero-order chi connectivity index (χ0) is 15.7. The summed E-state index contributed by atoms with van der Waals surface area (Å²) >= 11 is 0. The standard InChI is InChI=1S/C16H23NO4/c1-2-3-4-5-6-15(19)17(11-12-18)14-9-7-13(8-10-14)16(20)21/h7-10,18H,2-6,11-12H2,1H3,(H,20,21). The first-order valence-corrected chi connectivity index (χ1v) is 7.34. The number of benzene rings is 1. The van der Waals surface area contributed by atoms with Crippen LogP contribution in [0.5, 0.6) is 0 Å².